The van der Waals surface area contributed by atoms with Crippen molar-refractivity contribution < 1.29 is 14.6 Å². The predicted octanol–water partition coefficient (Wildman–Crippen LogP) is 2.74. The Morgan fingerprint density at radius 2 is 1.84 bits per heavy atom. The van der Waals surface area contributed by atoms with Gasteiger partial charge in [-0.05, 0) is 43.2 Å². The summed E-state index contributed by atoms with van der Waals surface area (Å²) < 4.78 is 5.48. The first-order valence-corrected chi connectivity index (χ1v) is 8.55. The number of carbonyl (C=O) groups is 1. The van der Waals surface area contributed by atoms with Crippen LogP contribution < -0.4 is 9.64 Å². The van der Waals surface area contributed by atoms with Gasteiger partial charge in [-0.1, -0.05) is 18.2 Å². The summed E-state index contributed by atoms with van der Waals surface area (Å²) in [5.74, 6) is 0.610. The van der Waals surface area contributed by atoms with Gasteiger partial charge in [0.1, 0.15) is 11.5 Å². The van der Waals surface area contributed by atoms with Crippen LogP contribution in [0.2, 0.25) is 0 Å². The standard InChI is InChI=1S/C20H24N2O3/c1-15-6-7-16(2)19(12-15)21-8-10-22(11-9-21)20(24)14-25-18-5-3-4-17(23)13-18/h3-7,12-13,23H,8-11,14H2,1-2H3. The second kappa shape index (κ2) is 7.47. The number of nitrogens with zero attached hydrogens (tertiary/aromatic N) is 2. The summed E-state index contributed by atoms with van der Waals surface area (Å²) in [5.41, 5.74) is 3.76. The Morgan fingerprint density at radius 3 is 2.56 bits per heavy atom. The van der Waals surface area contributed by atoms with Crippen molar-refractivity contribution in [1.82, 2.24) is 4.90 Å². The molecule has 2 aromatic carbocycles. The van der Waals surface area contributed by atoms with Gasteiger partial charge in [-0.2, -0.15) is 0 Å². The molecule has 1 saturated heterocycles. The molecule has 2 aromatic rings. The number of carbonyl (C=O) groups excluding carboxylic acids is 1. The van der Waals surface area contributed by atoms with E-state index in [1.165, 1.54) is 22.9 Å². The lowest BCUT2D eigenvalue weighted by atomic mass is 10.1. The maximum absolute atomic E-state index is 12.3. The number of aromatic hydroxyl groups is 1. The maximum atomic E-state index is 12.3. The van der Waals surface area contributed by atoms with Gasteiger partial charge < -0.3 is 19.6 Å². The van der Waals surface area contributed by atoms with Gasteiger partial charge in [-0.15, -0.1) is 0 Å². The van der Waals surface area contributed by atoms with Crippen molar-refractivity contribution in [3.63, 3.8) is 0 Å². The lowest BCUT2D eigenvalue weighted by Gasteiger charge is -2.37. The van der Waals surface area contributed by atoms with Gasteiger partial charge >= 0.3 is 0 Å². The van der Waals surface area contributed by atoms with Crippen LogP contribution in [0.3, 0.4) is 0 Å². The minimum absolute atomic E-state index is 0.00702. The molecule has 1 heterocycles. The maximum Gasteiger partial charge on any atom is 0.260 e. The molecule has 5 heteroatoms. The molecule has 0 saturated carbocycles. The fraction of sp³-hybridized carbons (Fsp3) is 0.350. The number of amides is 1. The third kappa shape index (κ3) is 4.24. The summed E-state index contributed by atoms with van der Waals surface area (Å²) in [6.07, 6.45) is 0. The van der Waals surface area contributed by atoms with Gasteiger partial charge in [0.25, 0.3) is 5.91 Å². The van der Waals surface area contributed by atoms with Gasteiger partial charge in [-0.3, -0.25) is 4.79 Å². The summed E-state index contributed by atoms with van der Waals surface area (Å²) in [5, 5.41) is 9.43. The van der Waals surface area contributed by atoms with Crippen LogP contribution in [0.5, 0.6) is 11.5 Å². The lowest BCUT2D eigenvalue weighted by molar-refractivity contribution is -0.133. The first-order chi connectivity index (χ1) is 12.0. The monoisotopic (exact) mass is 340 g/mol. The first-order valence-electron chi connectivity index (χ1n) is 8.55. The minimum atomic E-state index is -0.0241. The number of anilines is 1. The number of rotatable bonds is 4. The van der Waals surface area contributed by atoms with Crippen molar-refractivity contribution in [2.75, 3.05) is 37.7 Å². The summed E-state index contributed by atoms with van der Waals surface area (Å²) in [6.45, 7) is 7.24. The molecule has 0 bridgehead atoms. The Morgan fingerprint density at radius 1 is 1.08 bits per heavy atom. The van der Waals surface area contributed by atoms with Crippen LogP contribution in [0.1, 0.15) is 11.1 Å². The third-order valence-corrected chi connectivity index (χ3v) is 4.52. The highest BCUT2D eigenvalue weighted by molar-refractivity contribution is 5.78. The zero-order chi connectivity index (χ0) is 17.8. The van der Waals surface area contributed by atoms with Crippen LogP contribution in [0, 0.1) is 13.8 Å². The molecular formula is C20H24N2O3. The van der Waals surface area contributed by atoms with Crippen LogP contribution >= 0.6 is 0 Å². The average Bonchev–Trinajstić information content (AvgIpc) is 2.62. The molecule has 0 spiro atoms. The van der Waals surface area contributed by atoms with Gasteiger partial charge in [-0.25, -0.2) is 0 Å². The van der Waals surface area contributed by atoms with E-state index >= 15 is 0 Å². The molecule has 1 fully saturated rings. The van der Waals surface area contributed by atoms with E-state index in [2.05, 4.69) is 36.9 Å². The summed E-state index contributed by atoms with van der Waals surface area (Å²) in [6, 6.07) is 13.0. The molecule has 0 radical (unpaired) electrons. The van der Waals surface area contributed by atoms with E-state index in [1.54, 1.807) is 18.2 Å². The average molecular weight is 340 g/mol. The van der Waals surface area contributed by atoms with E-state index in [0.717, 1.165) is 13.1 Å². The van der Waals surface area contributed by atoms with Crippen molar-refractivity contribution in [2.24, 2.45) is 0 Å². The number of piperazine rings is 1. The van der Waals surface area contributed by atoms with E-state index in [9.17, 15) is 9.90 Å². The highest BCUT2D eigenvalue weighted by Gasteiger charge is 2.22. The molecule has 1 aliphatic heterocycles. The zero-order valence-corrected chi connectivity index (χ0v) is 14.7. The normalized spacial score (nSPS) is 14.5. The second-order valence-electron chi connectivity index (χ2n) is 6.44. The largest absolute Gasteiger partial charge is 0.508 e. The highest BCUT2D eigenvalue weighted by atomic mass is 16.5. The molecule has 0 aromatic heterocycles. The number of ether oxygens (including phenoxy) is 1. The summed E-state index contributed by atoms with van der Waals surface area (Å²) in [4.78, 5) is 16.5. The van der Waals surface area contributed by atoms with Crippen molar-refractivity contribution >= 4 is 11.6 Å². The molecule has 0 atom stereocenters. The number of hydrogen-bond donors (Lipinski definition) is 1. The van der Waals surface area contributed by atoms with Crippen LogP contribution in [0.25, 0.3) is 0 Å². The van der Waals surface area contributed by atoms with E-state index in [0.29, 0.717) is 18.8 Å². The molecule has 1 N–H and O–H groups in total. The van der Waals surface area contributed by atoms with Crippen LogP contribution in [0.15, 0.2) is 42.5 Å². The number of benzene rings is 2. The number of phenols is 1. The second-order valence-corrected chi connectivity index (χ2v) is 6.44. The van der Waals surface area contributed by atoms with Crippen molar-refractivity contribution in [3.05, 3.63) is 53.6 Å². The van der Waals surface area contributed by atoms with Gasteiger partial charge in [0, 0.05) is 37.9 Å². The molecule has 0 aliphatic carbocycles. The number of aryl methyl sites for hydroxylation is 2. The smallest absolute Gasteiger partial charge is 0.260 e. The Hall–Kier alpha value is -2.69. The Bertz CT molecular complexity index is 752. The summed E-state index contributed by atoms with van der Waals surface area (Å²) in [7, 11) is 0. The minimum Gasteiger partial charge on any atom is -0.508 e. The topological polar surface area (TPSA) is 53.0 Å². The quantitative estimate of drug-likeness (QED) is 0.930. The molecule has 25 heavy (non-hydrogen) atoms. The molecule has 5 nitrogen and oxygen atoms in total. The van der Waals surface area contributed by atoms with Gasteiger partial charge in [0.15, 0.2) is 6.61 Å². The Kier molecular flexibility index (Phi) is 5.12. The van der Waals surface area contributed by atoms with E-state index in [-0.39, 0.29) is 18.3 Å². The van der Waals surface area contributed by atoms with Crippen molar-refractivity contribution in [2.45, 2.75) is 13.8 Å². The third-order valence-electron chi connectivity index (χ3n) is 4.52. The Balaban J connectivity index is 1.53. The molecule has 3 rings (SSSR count). The molecular weight excluding hydrogens is 316 g/mol. The summed E-state index contributed by atoms with van der Waals surface area (Å²) >= 11 is 0. The van der Waals surface area contributed by atoms with E-state index < -0.39 is 0 Å². The number of hydrogen-bond acceptors (Lipinski definition) is 4. The van der Waals surface area contributed by atoms with Crippen molar-refractivity contribution in [1.29, 1.82) is 0 Å². The highest BCUT2D eigenvalue weighted by Crippen LogP contribution is 2.23. The van der Waals surface area contributed by atoms with Gasteiger partial charge in [0.2, 0.25) is 0 Å². The SMILES string of the molecule is Cc1ccc(C)c(N2CCN(C(=O)COc3cccc(O)c3)CC2)c1. The molecule has 132 valence electrons. The molecule has 1 aliphatic rings. The lowest BCUT2D eigenvalue weighted by Crippen LogP contribution is -2.50. The van der Waals surface area contributed by atoms with Crippen molar-refractivity contribution in [3.8, 4) is 11.5 Å². The van der Waals surface area contributed by atoms with Crippen LogP contribution in [0.4, 0.5) is 5.69 Å². The van der Waals surface area contributed by atoms with Crippen LogP contribution in [-0.4, -0.2) is 48.7 Å². The number of phenolic OH excluding ortho intramolecular Hbond substituents is 1. The molecule has 1 amide bonds. The van der Waals surface area contributed by atoms with E-state index in [1.807, 2.05) is 4.90 Å². The van der Waals surface area contributed by atoms with Crippen LogP contribution in [-0.2, 0) is 4.79 Å². The van der Waals surface area contributed by atoms with E-state index in [4.69, 9.17) is 4.74 Å². The zero-order valence-electron chi connectivity index (χ0n) is 14.7. The first kappa shape index (κ1) is 17.1. The van der Waals surface area contributed by atoms with Gasteiger partial charge in [0.05, 0.1) is 0 Å². The Labute approximate surface area is 148 Å². The predicted molar refractivity (Wildman–Crippen MR) is 98.3 cm³/mol. The fourth-order valence-electron chi connectivity index (χ4n) is 3.07. The molecule has 0 unspecified atom stereocenters. The fourth-order valence-corrected chi connectivity index (χ4v) is 3.07.